The van der Waals surface area contributed by atoms with Crippen LogP contribution in [0.3, 0.4) is 0 Å². The number of amides is 2. The average Bonchev–Trinajstić information content (AvgIpc) is 3.11. The monoisotopic (exact) mass is 437 g/mol. The molecule has 3 aromatic rings. The van der Waals surface area contributed by atoms with Crippen LogP contribution in [0.5, 0.6) is 0 Å². The number of carbonyl (C=O) groups is 3. The van der Waals surface area contributed by atoms with E-state index >= 15 is 0 Å². The molecule has 1 saturated heterocycles. The first-order chi connectivity index (χ1) is 16.0. The summed E-state index contributed by atoms with van der Waals surface area (Å²) in [5, 5.41) is 0. The number of nitrogens with zero attached hydrogens (tertiary/aromatic N) is 1. The third-order valence-corrected chi connectivity index (χ3v) is 7.68. The number of esters is 1. The molecule has 0 saturated carbocycles. The van der Waals surface area contributed by atoms with Gasteiger partial charge in [0.25, 0.3) is 0 Å². The molecular formula is C28H23NO4. The number of rotatable bonds is 3. The number of imide groups is 1. The second-order valence-electron chi connectivity index (χ2n) is 9.14. The van der Waals surface area contributed by atoms with E-state index in [1.165, 1.54) is 4.90 Å². The first kappa shape index (κ1) is 19.9. The van der Waals surface area contributed by atoms with E-state index in [4.69, 9.17) is 4.74 Å². The minimum absolute atomic E-state index is 0.149. The maximum absolute atomic E-state index is 13.9. The summed E-state index contributed by atoms with van der Waals surface area (Å²) in [7, 11) is 0. The Morgan fingerprint density at radius 2 is 1.45 bits per heavy atom. The molecule has 0 radical (unpaired) electrons. The number of hydrogen-bond donors (Lipinski definition) is 0. The Morgan fingerprint density at radius 3 is 2.03 bits per heavy atom. The van der Waals surface area contributed by atoms with Crippen LogP contribution >= 0.6 is 0 Å². The SMILES string of the molecule is CCOC(=O)c1ccc(N2C(=O)[C@@H]3[C@@H](C2=O)C2c4ccccc4C3(C)c3ccccc32)cc1. The van der Waals surface area contributed by atoms with E-state index in [9.17, 15) is 14.4 Å². The molecule has 2 atom stereocenters. The van der Waals surface area contributed by atoms with E-state index in [1.807, 2.05) is 24.3 Å². The highest BCUT2D eigenvalue weighted by molar-refractivity contribution is 6.23. The maximum atomic E-state index is 13.9. The minimum Gasteiger partial charge on any atom is -0.462 e. The van der Waals surface area contributed by atoms with Crippen molar-refractivity contribution in [2.45, 2.75) is 25.2 Å². The van der Waals surface area contributed by atoms with Crippen LogP contribution in [0.1, 0.15) is 52.4 Å². The van der Waals surface area contributed by atoms with Gasteiger partial charge >= 0.3 is 5.97 Å². The van der Waals surface area contributed by atoms with E-state index in [2.05, 4.69) is 31.2 Å². The third kappa shape index (κ3) is 2.45. The molecule has 2 amide bonds. The molecule has 4 aliphatic rings. The van der Waals surface area contributed by atoms with Crippen LogP contribution in [0.25, 0.3) is 0 Å². The van der Waals surface area contributed by atoms with Gasteiger partial charge in [-0.15, -0.1) is 0 Å². The fourth-order valence-electron chi connectivity index (χ4n) is 6.37. The normalized spacial score (nSPS) is 26.6. The molecule has 5 heteroatoms. The van der Waals surface area contributed by atoms with Crippen LogP contribution in [0, 0.1) is 11.8 Å². The van der Waals surface area contributed by atoms with Crippen LogP contribution in [0.15, 0.2) is 72.8 Å². The topological polar surface area (TPSA) is 63.7 Å². The van der Waals surface area contributed by atoms with Gasteiger partial charge < -0.3 is 4.74 Å². The number of anilines is 1. The number of benzene rings is 3. The first-order valence-corrected chi connectivity index (χ1v) is 11.3. The molecule has 33 heavy (non-hydrogen) atoms. The quantitative estimate of drug-likeness (QED) is 0.449. The van der Waals surface area contributed by atoms with Gasteiger partial charge in [0.2, 0.25) is 11.8 Å². The Bertz CT molecular complexity index is 1280. The van der Waals surface area contributed by atoms with Crippen LogP contribution < -0.4 is 4.90 Å². The molecule has 2 bridgehead atoms. The van der Waals surface area contributed by atoms with Gasteiger partial charge in [-0.25, -0.2) is 9.69 Å². The van der Waals surface area contributed by atoms with Crippen LogP contribution in [-0.2, 0) is 19.7 Å². The zero-order valence-electron chi connectivity index (χ0n) is 18.4. The molecule has 0 spiro atoms. The summed E-state index contributed by atoms with van der Waals surface area (Å²) in [6, 6.07) is 23.0. The lowest BCUT2D eigenvalue weighted by Crippen LogP contribution is -2.51. The summed E-state index contributed by atoms with van der Waals surface area (Å²) >= 11 is 0. The Hall–Kier alpha value is -3.73. The molecule has 0 unspecified atom stereocenters. The lowest BCUT2D eigenvalue weighted by atomic mass is 9.48. The van der Waals surface area contributed by atoms with Gasteiger partial charge in [0, 0.05) is 11.3 Å². The van der Waals surface area contributed by atoms with Gasteiger partial charge in [0.1, 0.15) is 0 Å². The highest BCUT2D eigenvalue weighted by atomic mass is 16.5. The summed E-state index contributed by atoms with van der Waals surface area (Å²) in [6.07, 6.45) is 0. The van der Waals surface area contributed by atoms with Gasteiger partial charge in [0.05, 0.1) is 29.7 Å². The molecule has 1 aliphatic heterocycles. The Kier molecular flexibility index (Phi) is 4.15. The summed E-state index contributed by atoms with van der Waals surface area (Å²) < 4.78 is 5.05. The first-order valence-electron chi connectivity index (χ1n) is 11.3. The van der Waals surface area contributed by atoms with E-state index < -0.39 is 23.2 Å². The van der Waals surface area contributed by atoms with Crippen molar-refractivity contribution in [1.82, 2.24) is 0 Å². The predicted molar refractivity (Wildman–Crippen MR) is 123 cm³/mol. The second kappa shape index (κ2) is 6.88. The maximum Gasteiger partial charge on any atom is 0.338 e. The zero-order valence-corrected chi connectivity index (χ0v) is 18.4. The van der Waals surface area contributed by atoms with E-state index in [0.29, 0.717) is 11.3 Å². The minimum atomic E-state index is -0.584. The summed E-state index contributed by atoms with van der Waals surface area (Å²) in [6.45, 7) is 4.14. The summed E-state index contributed by atoms with van der Waals surface area (Å²) in [5.74, 6) is -1.83. The Morgan fingerprint density at radius 1 is 0.879 bits per heavy atom. The van der Waals surface area contributed by atoms with E-state index in [-0.39, 0.29) is 24.3 Å². The molecule has 1 fully saturated rings. The van der Waals surface area contributed by atoms with Crippen molar-refractivity contribution >= 4 is 23.5 Å². The predicted octanol–water partition coefficient (Wildman–Crippen LogP) is 4.43. The molecule has 3 aliphatic carbocycles. The van der Waals surface area contributed by atoms with Gasteiger partial charge in [-0.2, -0.15) is 0 Å². The smallest absolute Gasteiger partial charge is 0.338 e. The fourth-order valence-corrected chi connectivity index (χ4v) is 6.37. The zero-order chi connectivity index (χ0) is 22.9. The highest BCUT2D eigenvalue weighted by Gasteiger charge is 2.66. The summed E-state index contributed by atoms with van der Waals surface area (Å²) in [4.78, 5) is 41.1. The van der Waals surface area contributed by atoms with Crippen molar-refractivity contribution in [3.8, 4) is 0 Å². The van der Waals surface area contributed by atoms with Crippen LogP contribution in [0.4, 0.5) is 5.69 Å². The van der Waals surface area contributed by atoms with E-state index in [1.54, 1.807) is 31.2 Å². The lowest BCUT2D eigenvalue weighted by Gasteiger charge is -2.52. The van der Waals surface area contributed by atoms with Gasteiger partial charge in [-0.05, 0) is 53.4 Å². The standard InChI is InChI=1S/C28H23NO4/c1-3-33-27(32)16-12-14-17(15-13-16)29-25(30)23-22-18-8-4-6-10-20(18)28(2,24(23)26(29)31)21-11-7-5-9-19(21)22/h4-15,22-24H,3H2,1-2H3/t22?,23-,24-,28?/m0/s1. The van der Waals surface area contributed by atoms with Crippen molar-refractivity contribution in [1.29, 1.82) is 0 Å². The summed E-state index contributed by atoms with van der Waals surface area (Å²) in [5.41, 5.74) is 4.85. The second-order valence-corrected chi connectivity index (χ2v) is 9.14. The van der Waals surface area contributed by atoms with Crippen molar-refractivity contribution in [3.63, 3.8) is 0 Å². The average molecular weight is 437 g/mol. The Balaban J connectivity index is 1.48. The number of ether oxygens (including phenoxy) is 1. The number of hydrogen-bond acceptors (Lipinski definition) is 4. The van der Waals surface area contributed by atoms with Crippen molar-refractivity contribution < 1.29 is 19.1 Å². The third-order valence-electron chi connectivity index (χ3n) is 7.68. The number of carbonyl (C=O) groups excluding carboxylic acids is 3. The van der Waals surface area contributed by atoms with Crippen molar-refractivity contribution in [3.05, 3.63) is 101 Å². The van der Waals surface area contributed by atoms with Crippen LogP contribution in [0.2, 0.25) is 0 Å². The molecule has 3 aromatic carbocycles. The van der Waals surface area contributed by atoms with Crippen molar-refractivity contribution in [2.75, 3.05) is 11.5 Å². The lowest BCUT2D eigenvalue weighted by molar-refractivity contribution is -0.123. The highest BCUT2D eigenvalue weighted by Crippen LogP contribution is 2.64. The fraction of sp³-hybridized carbons (Fsp3) is 0.250. The molecule has 0 aromatic heterocycles. The van der Waals surface area contributed by atoms with Gasteiger partial charge in [0.15, 0.2) is 0 Å². The van der Waals surface area contributed by atoms with Crippen molar-refractivity contribution in [2.24, 2.45) is 11.8 Å². The molecule has 164 valence electrons. The molecule has 1 heterocycles. The largest absolute Gasteiger partial charge is 0.462 e. The molecule has 5 nitrogen and oxygen atoms in total. The Labute approximate surface area is 192 Å². The van der Waals surface area contributed by atoms with E-state index in [0.717, 1.165) is 22.3 Å². The van der Waals surface area contributed by atoms with Gasteiger partial charge in [-0.1, -0.05) is 55.5 Å². The van der Waals surface area contributed by atoms with Gasteiger partial charge in [-0.3, -0.25) is 9.59 Å². The van der Waals surface area contributed by atoms with Crippen LogP contribution in [-0.4, -0.2) is 24.4 Å². The molecule has 0 N–H and O–H groups in total. The molecular weight excluding hydrogens is 414 g/mol. The molecule has 7 rings (SSSR count).